The Morgan fingerprint density at radius 1 is 1.20 bits per heavy atom. The number of nitrogens with one attached hydrogen (secondary N) is 2. The Morgan fingerprint density at radius 3 is 2.44 bits per heavy atom. The summed E-state index contributed by atoms with van der Waals surface area (Å²) < 4.78 is 0. The van der Waals surface area contributed by atoms with E-state index in [2.05, 4.69) is 22.8 Å². The van der Waals surface area contributed by atoms with Gasteiger partial charge >= 0.3 is 0 Å². The average Bonchev–Trinajstić information content (AvgIpc) is 2.74. The summed E-state index contributed by atoms with van der Waals surface area (Å²) in [4.78, 5) is 23.5. The third-order valence-electron chi connectivity index (χ3n) is 5.22. The van der Waals surface area contributed by atoms with Crippen LogP contribution in [-0.2, 0) is 15.0 Å². The van der Waals surface area contributed by atoms with Crippen molar-refractivity contribution in [2.75, 3.05) is 6.54 Å². The molecular weight excluding hydrogens is 316 g/mol. The fourth-order valence-corrected chi connectivity index (χ4v) is 3.62. The van der Waals surface area contributed by atoms with Gasteiger partial charge in [0.15, 0.2) is 0 Å². The lowest BCUT2D eigenvalue weighted by Crippen LogP contribution is -2.42. The molecule has 0 unspecified atom stereocenters. The second kappa shape index (κ2) is 8.48. The van der Waals surface area contributed by atoms with Gasteiger partial charge in [-0.15, -0.1) is 0 Å². The molecule has 0 spiro atoms. The number of aliphatic hydroxyl groups is 1. The first-order chi connectivity index (χ1) is 11.8. The first-order valence-corrected chi connectivity index (χ1v) is 9.12. The normalized spacial score (nSPS) is 26.8. The lowest BCUT2D eigenvalue weighted by Gasteiger charge is -2.34. The molecule has 0 radical (unpaired) electrons. The number of hydrogen-bond acceptors (Lipinski definition) is 3. The average molecular weight is 346 g/mol. The molecule has 0 saturated heterocycles. The third kappa shape index (κ3) is 5.05. The number of hydrogen-bond donors (Lipinski definition) is 3. The minimum Gasteiger partial charge on any atom is -0.391 e. The largest absolute Gasteiger partial charge is 0.391 e. The first-order valence-electron chi connectivity index (χ1n) is 9.12. The zero-order chi connectivity index (χ0) is 18.4. The molecule has 0 bridgehead atoms. The van der Waals surface area contributed by atoms with Gasteiger partial charge in [0.2, 0.25) is 11.8 Å². The van der Waals surface area contributed by atoms with E-state index in [1.807, 2.05) is 32.0 Å². The quantitative estimate of drug-likeness (QED) is 0.715. The van der Waals surface area contributed by atoms with Gasteiger partial charge < -0.3 is 15.7 Å². The second-order valence-corrected chi connectivity index (χ2v) is 7.47. The van der Waals surface area contributed by atoms with Crippen molar-refractivity contribution in [1.29, 1.82) is 0 Å². The first kappa shape index (κ1) is 19.4. The van der Waals surface area contributed by atoms with E-state index in [1.165, 1.54) is 12.5 Å². The van der Waals surface area contributed by atoms with Crippen molar-refractivity contribution in [2.45, 2.75) is 64.0 Å². The molecule has 1 aliphatic carbocycles. The number of benzene rings is 1. The number of carbonyl (C=O) groups excluding carboxylic acids is 2. The van der Waals surface area contributed by atoms with E-state index in [4.69, 9.17) is 0 Å². The van der Waals surface area contributed by atoms with Crippen molar-refractivity contribution in [3.63, 3.8) is 0 Å². The van der Waals surface area contributed by atoms with Gasteiger partial charge in [-0.1, -0.05) is 44.2 Å². The SMILES string of the molecule is CC(=O)N[C@H]1CC[C@](CNC(=O)C(C)C)(c2ccccc2)CC[C@@H]1O. The molecular formula is C20H30N2O3. The molecule has 2 rings (SSSR count). The molecule has 5 nitrogen and oxygen atoms in total. The highest BCUT2D eigenvalue weighted by molar-refractivity contribution is 5.78. The molecule has 1 aromatic rings. The van der Waals surface area contributed by atoms with Gasteiger partial charge in [0.1, 0.15) is 0 Å². The molecule has 1 aromatic carbocycles. The van der Waals surface area contributed by atoms with Crippen molar-refractivity contribution >= 4 is 11.8 Å². The molecule has 25 heavy (non-hydrogen) atoms. The molecule has 1 aliphatic rings. The predicted molar refractivity (Wildman–Crippen MR) is 98.0 cm³/mol. The van der Waals surface area contributed by atoms with Gasteiger partial charge in [-0.3, -0.25) is 9.59 Å². The van der Waals surface area contributed by atoms with Crippen molar-refractivity contribution in [2.24, 2.45) is 5.92 Å². The van der Waals surface area contributed by atoms with E-state index >= 15 is 0 Å². The van der Waals surface area contributed by atoms with Crippen molar-refractivity contribution in [3.8, 4) is 0 Å². The van der Waals surface area contributed by atoms with Crippen LogP contribution in [-0.4, -0.2) is 35.6 Å². The Kier molecular flexibility index (Phi) is 6.59. The summed E-state index contributed by atoms with van der Waals surface area (Å²) in [5, 5.41) is 16.4. The highest BCUT2D eigenvalue weighted by Gasteiger charge is 2.38. The Morgan fingerprint density at radius 2 is 1.84 bits per heavy atom. The third-order valence-corrected chi connectivity index (χ3v) is 5.22. The molecule has 3 atom stereocenters. The lowest BCUT2D eigenvalue weighted by molar-refractivity contribution is -0.124. The minimum atomic E-state index is -0.560. The molecule has 138 valence electrons. The van der Waals surface area contributed by atoms with Crippen LogP contribution in [0.2, 0.25) is 0 Å². The molecule has 1 saturated carbocycles. The van der Waals surface area contributed by atoms with Crippen LogP contribution in [0.15, 0.2) is 30.3 Å². The number of amides is 2. The molecule has 2 amide bonds. The van der Waals surface area contributed by atoms with Gasteiger partial charge in [0, 0.05) is 24.8 Å². The van der Waals surface area contributed by atoms with Gasteiger partial charge in [0.05, 0.1) is 12.1 Å². The maximum absolute atomic E-state index is 12.1. The smallest absolute Gasteiger partial charge is 0.222 e. The Labute approximate surface area is 150 Å². The van der Waals surface area contributed by atoms with Crippen molar-refractivity contribution in [3.05, 3.63) is 35.9 Å². The fraction of sp³-hybridized carbons (Fsp3) is 0.600. The van der Waals surface area contributed by atoms with Gasteiger partial charge in [0.25, 0.3) is 0 Å². The van der Waals surface area contributed by atoms with E-state index < -0.39 is 6.10 Å². The van der Waals surface area contributed by atoms with E-state index in [9.17, 15) is 14.7 Å². The molecule has 3 N–H and O–H groups in total. The van der Waals surface area contributed by atoms with Crippen LogP contribution in [0.1, 0.15) is 52.0 Å². The van der Waals surface area contributed by atoms with E-state index in [0.717, 1.165) is 12.8 Å². The molecule has 0 aliphatic heterocycles. The van der Waals surface area contributed by atoms with Crippen molar-refractivity contribution in [1.82, 2.24) is 10.6 Å². The van der Waals surface area contributed by atoms with Crippen LogP contribution < -0.4 is 10.6 Å². The van der Waals surface area contributed by atoms with Gasteiger partial charge in [-0.2, -0.15) is 0 Å². The topological polar surface area (TPSA) is 78.4 Å². The zero-order valence-corrected chi connectivity index (χ0v) is 15.4. The van der Waals surface area contributed by atoms with E-state index in [0.29, 0.717) is 19.4 Å². The number of rotatable bonds is 5. The fourth-order valence-electron chi connectivity index (χ4n) is 3.62. The summed E-state index contributed by atoms with van der Waals surface area (Å²) in [7, 11) is 0. The summed E-state index contributed by atoms with van der Waals surface area (Å²) in [6.45, 7) is 5.79. The van der Waals surface area contributed by atoms with Crippen LogP contribution in [0.3, 0.4) is 0 Å². The number of carbonyl (C=O) groups is 2. The summed E-state index contributed by atoms with van der Waals surface area (Å²) in [5.41, 5.74) is 0.953. The molecule has 1 fully saturated rings. The van der Waals surface area contributed by atoms with E-state index in [1.54, 1.807) is 0 Å². The summed E-state index contributed by atoms with van der Waals surface area (Å²) in [5.74, 6) is -0.140. The maximum Gasteiger partial charge on any atom is 0.222 e. The van der Waals surface area contributed by atoms with Crippen LogP contribution in [0.5, 0.6) is 0 Å². The van der Waals surface area contributed by atoms with Crippen molar-refractivity contribution < 1.29 is 14.7 Å². The second-order valence-electron chi connectivity index (χ2n) is 7.47. The van der Waals surface area contributed by atoms with E-state index in [-0.39, 0.29) is 29.2 Å². The number of aliphatic hydroxyl groups excluding tert-OH is 1. The molecule has 5 heteroatoms. The maximum atomic E-state index is 12.1. The van der Waals surface area contributed by atoms with Crippen LogP contribution in [0.4, 0.5) is 0 Å². The Bertz CT molecular complexity index is 588. The summed E-state index contributed by atoms with van der Waals surface area (Å²) >= 11 is 0. The standard InChI is InChI=1S/C20H30N2O3/c1-14(2)19(25)21-13-20(16-7-5-4-6-8-16)11-9-17(22-15(3)23)18(24)10-12-20/h4-8,14,17-18,24H,9-13H2,1-3H3,(H,21,25)(H,22,23)/t17-,18-,20-/m0/s1. The highest BCUT2D eigenvalue weighted by atomic mass is 16.3. The zero-order valence-electron chi connectivity index (χ0n) is 15.4. The predicted octanol–water partition coefficient (Wildman–Crippen LogP) is 2.14. The molecule has 0 heterocycles. The monoisotopic (exact) mass is 346 g/mol. The lowest BCUT2D eigenvalue weighted by atomic mass is 9.74. The van der Waals surface area contributed by atoms with Gasteiger partial charge in [-0.25, -0.2) is 0 Å². The summed E-state index contributed by atoms with van der Waals surface area (Å²) in [6, 6.07) is 9.94. The minimum absolute atomic E-state index is 0.0403. The van der Waals surface area contributed by atoms with Gasteiger partial charge in [-0.05, 0) is 31.2 Å². The van der Waals surface area contributed by atoms with Crippen LogP contribution >= 0.6 is 0 Å². The Hall–Kier alpha value is -1.88. The highest BCUT2D eigenvalue weighted by Crippen LogP contribution is 2.38. The van der Waals surface area contributed by atoms with Crippen LogP contribution in [0, 0.1) is 5.92 Å². The van der Waals surface area contributed by atoms with Crippen LogP contribution in [0.25, 0.3) is 0 Å². The molecule has 0 aromatic heterocycles. The Balaban J connectivity index is 2.23. The summed E-state index contributed by atoms with van der Waals surface area (Å²) in [6.07, 6.45) is 2.30.